The molecular weight excluding hydrogens is 318 g/mol. The van der Waals surface area contributed by atoms with Gasteiger partial charge in [-0.05, 0) is 44.2 Å². The van der Waals surface area contributed by atoms with E-state index in [9.17, 15) is 9.59 Å². The molecule has 0 spiro atoms. The summed E-state index contributed by atoms with van der Waals surface area (Å²) in [6.45, 7) is 3.60. The summed E-state index contributed by atoms with van der Waals surface area (Å²) in [5, 5.41) is 0.890. The summed E-state index contributed by atoms with van der Waals surface area (Å²) in [5.41, 5.74) is 2.83. The highest BCUT2D eigenvalue weighted by molar-refractivity contribution is 6.11. The number of carbonyl (C=O) groups is 2. The first-order valence-corrected chi connectivity index (χ1v) is 7.98. The smallest absolute Gasteiger partial charge is 0.337 e. The number of rotatable bonds is 5. The van der Waals surface area contributed by atoms with Crippen molar-refractivity contribution in [3.8, 4) is 5.75 Å². The van der Waals surface area contributed by atoms with E-state index in [0.29, 0.717) is 16.9 Å². The molecule has 0 amide bonds. The Labute approximate surface area is 145 Å². The molecule has 0 aliphatic carbocycles. The zero-order chi connectivity index (χ0) is 18.0. The standard InChI is InChI=1S/C20H19NO4/c1-12-18(16-6-4-5-7-17(16)21-12)19(22)13(2)25-15-10-8-14(9-11-15)20(23)24-3/h4-11,13,21H,1-3H3. The van der Waals surface area contributed by atoms with Crippen LogP contribution in [0.5, 0.6) is 5.75 Å². The molecule has 0 bridgehead atoms. The van der Waals surface area contributed by atoms with Crippen LogP contribution in [0.1, 0.15) is 33.3 Å². The number of para-hydroxylation sites is 1. The normalized spacial score (nSPS) is 12.0. The lowest BCUT2D eigenvalue weighted by Gasteiger charge is -2.14. The average Bonchev–Trinajstić information content (AvgIpc) is 2.96. The van der Waals surface area contributed by atoms with Crippen molar-refractivity contribution >= 4 is 22.7 Å². The lowest BCUT2D eigenvalue weighted by Crippen LogP contribution is -2.24. The summed E-state index contributed by atoms with van der Waals surface area (Å²) in [5.74, 6) is 0.0167. The van der Waals surface area contributed by atoms with Crippen LogP contribution in [0, 0.1) is 6.92 Å². The number of methoxy groups -OCH3 is 1. The maximum atomic E-state index is 12.8. The third kappa shape index (κ3) is 3.26. The molecule has 5 heteroatoms. The zero-order valence-electron chi connectivity index (χ0n) is 14.3. The number of aromatic amines is 1. The number of nitrogens with one attached hydrogen (secondary N) is 1. The van der Waals surface area contributed by atoms with E-state index in [1.54, 1.807) is 31.2 Å². The summed E-state index contributed by atoms with van der Waals surface area (Å²) >= 11 is 0. The number of esters is 1. The van der Waals surface area contributed by atoms with Gasteiger partial charge >= 0.3 is 5.97 Å². The molecule has 0 saturated heterocycles. The first kappa shape index (κ1) is 16.8. The van der Waals surface area contributed by atoms with Gasteiger partial charge in [-0.1, -0.05) is 18.2 Å². The van der Waals surface area contributed by atoms with Crippen LogP contribution < -0.4 is 4.74 Å². The molecule has 0 saturated carbocycles. The van der Waals surface area contributed by atoms with Crippen molar-refractivity contribution in [1.29, 1.82) is 0 Å². The maximum Gasteiger partial charge on any atom is 0.337 e. The third-order valence-corrected chi connectivity index (χ3v) is 4.10. The summed E-state index contributed by atoms with van der Waals surface area (Å²) in [6.07, 6.45) is -0.651. The highest BCUT2D eigenvalue weighted by Gasteiger charge is 2.22. The Morgan fingerprint density at radius 1 is 1.04 bits per heavy atom. The first-order valence-electron chi connectivity index (χ1n) is 7.98. The van der Waals surface area contributed by atoms with Crippen molar-refractivity contribution in [2.75, 3.05) is 7.11 Å². The second-order valence-electron chi connectivity index (χ2n) is 5.81. The summed E-state index contributed by atoms with van der Waals surface area (Å²) in [6, 6.07) is 14.2. The fourth-order valence-electron chi connectivity index (χ4n) is 2.84. The Bertz CT molecular complexity index is 925. The van der Waals surface area contributed by atoms with Crippen molar-refractivity contribution in [2.45, 2.75) is 20.0 Å². The second kappa shape index (κ2) is 6.81. The number of Topliss-reactive ketones (excluding diaryl/α,β-unsaturated/α-hetero) is 1. The number of aryl methyl sites for hydroxylation is 1. The molecule has 1 aromatic heterocycles. The SMILES string of the molecule is COC(=O)c1ccc(OC(C)C(=O)c2c(C)[nH]c3ccccc23)cc1. The lowest BCUT2D eigenvalue weighted by molar-refractivity contribution is 0.0600. The van der Waals surface area contributed by atoms with Gasteiger partial charge in [0.25, 0.3) is 0 Å². The topological polar surface area (TPSA) is 68.4 Å². The highest BCUT2D eigenvalue weighted by atomic mass is 16.5. The molecule has 5 nitrogen and oxygen atoms in total. The van der Waals surface area contributed by atoms with Gasteiger partial charge in [-0.25, -0.2) is 4.79 Å². The van der Waals surface area contributed by atoms with Crippen molar-refractivity contribution in [3.05, 3.63) is 65.4 Å². The molecule has 1 unspecified atom stereocenters. The van der Waals surface area contributed by atoms with Crippen molar-refractivity contribution < 1.29 is 19.1 Å². The molecule has 1 heterocycles. The monoisotopic (exact) mass is 337 g/mol. The molecule has 3 aromatic rings. The number of H-pyrrole nitrogens is 1. The number of hydrogen-bond donors (Lipinski definition) is 1. The van der Waals surface area contributed by atoms with E-state index < -0.39 is 12.1 Å². The van der Waals surface area contributed by atoms with Crippen LogP contribution >= 0.6 is 0 Å². The third-order valence-electron chi connectivity index (χ3n) is 4.10. The minimum absolute atomic E-state index is 0.0907. The Hall–Kier alpha value is -3.08. The largest absolute Gasteiger partial charge is 0.483 e. The molecule has 1 N–H and O–H groups in total. The van der Waals surface area contributed by atoms with Gasteiger partial charge in [-0.15, -0.1) is 0 Å². The minimum Gasteiger partial charge on any atom is -0.483 e. The van der Waals surface area contributed by atoms with Crippen molar-refractivity contribution in [3.63, 3.8) is 0 Å². The Balaban J connectivity index is 1.80. The molecule has 0 aliphatic rings. The second-order valence-corrected chi connectivity index (χ2v) is 5.81. The number of carbonyl (C=O) groups excluding carboxylic acids is 2. The van der Waals surface area contributed by atoms with Crippen molar-refractivity contribution in [2.24, 2.45) is 0 Å². The van der Waals surface area contributed by atoms with E-state index >= 15 is 0 Å². The van der Waals surface area contributed by atoms with Crippen LogP contribution in [-0.2, 0) is 4.74 Å². The van der Waals surface area contributed by atoms with Gasteiger partial charge in [0.15, 0.2) is 6.10 Å². The minimum atomic E-state index is -0.651. The van der Waals surface area contributed by atoms with Crippen LogP contribution in [0.25, 0.3) is 10.9 Å². The predicted octanol–water partition coefficient (Wildman–Crippen LogP) is 3.91. The Morgan fingerprint density at radius 2 is 1.72 bits per heavy atom. The van der Waals surface area contributed by atoms with Gasteiger partial charge in [0.2, 0.25) is 5.78 Å². The number of ether oxygens (including phenoxy) is 2. The van der Waals surface area contributed by atoms with Crippen LogP contribution in [0.3, 0.4) is 0 Å². The highest BCUT2D eigenvalue weighted by Crippen LogP contribution is 2.24. The number of fused-ring (bicyclic) bond motifs is 1. The average molecular weight is 337 g/mol. The Kier molecular flexibility index (Phi) is 4.57. The summed E-state index contributed by atoms with van der Waals surface area (Å²) in [7, 11) is 1.33. The van der Waals surface area contributed by atoms with Gasteiger partial charge in [-0.2, -0.15) is 0 Å². The van der Waals surface area contributed by atoms with Crippen molar-refractivity contribution in [1.82, 2.24) is 4.98 Å². The summed E-state index contributed by atoms with van der Waals surface area (Å²) in [4.78, 5) is 27.5. The van der Waals surface area contributed by atoms with E-state index in [1.807, 2.05) is 31.2 Å². The van der Waals surface area contributed by atoms with Gasteiger partial charge < -0.3 is 14.5 Å². The van der Waals surface area contributed by atoms with Crippen LogP contribution in [0.2, 0.25) is 0 Å². The molecule has 0 fully saturated rings. The van der Waals surface area contributed by atoms with Gasteiger partial charge in [0, 0.05) is 22.2 Å². The van der Waals surface area contributed by atoms with E-state index in [4.69, 9.17) is 4.74 Å². The molecule has 0 aliphatic heterocycles. The molecule has 128 valence electrons. The van der Waals surface area contributed by atoms with Crippen LogP contribution in [0.15, 0.2) is 48.5 Å². The Morgan fingerprint density at radius 3 is 2.40 bits per heavy atom. The van der Waals surface area contributed by atoms with Gasteiger partial charge in [-0.3, -0.25) is 4.79 Å². The molecule has 2 aromatic carbocycles. The van der Waals surface area contributed by atoms with E-state index in [2.05, 4.69) is 9.72 Å². The molecular formula is C20H19NO4. The molecule has 0 radical (unpaired) electrons. The van der Waals surface area contributed by atoms with E-state index in [-0.39, 0.29) is 5.78 Å². The number of aromatic nitrogens is 1. The fraction of sp³-hybridized carbons (Fsp3) is 0.200. The maximum absolute atomic E-state index is 12.8. The van der Waals surface area contributed by atoms with E-state index in [1.165, 1.54) is 7.11 Å². The fourth-order valence-corrected chi connectivity index (χ4v) is 2.84. The van der Waals surface area contributed by atoms with Crippen LogP contribution in [0.4, 0.5) is 0 Å². The quantitative estimate of drug-likeness (QED) is 0.566. The number of benzene rings is 2. The lowest BCUT2D eigenvalue weighted by atomic mass is 10.0. The van der Waals surface area contributed by atoms with Gasteiger partial charge in [0.05, 0.1) is 12.7 Å². The van der Waals surface area contributed by atoms with Crippen LogP contribution in [-0.4, -0.2) is 30.0 Å². The number of ketones is 1. The zero-order valence-corrected chi connectivity index (χ0v) is 14.3. The summed E-state index contributed by atoms with van der Waals surface area (Å²) < 4.78 is 10.4. The number of hydrogen-bond acceptors (Lipinski definition) is 4. The molecule has 3 rings (SSSR count). The van der Waals surface area contributed by atoms with E-state index in [0.717, 1.165) is 16.6 Å². The molecule has 1 atom stereocenters. The van der Waals surface area contributed by atoms with Gasteiger partial charge in [0.1, 0.15) is 5.75 Å². The first-order chi connectivity index (χ1) is 12.0. The molecule has 25 heavy (non-hydrogen) atoms. The predicted molar refractivity (Wildman–Crippen MR) is 95.2 cm³/mol.